The third-order valence-electron chi connectivity index (χ3n) is 4.41. The summed E-state index contributed by atoms with van der Waals surface area (Å²) >= 11 is 0. The van der Waals surface area contributed by atoms with Crippen LogP contribution in [0.3, 0.4) is 0 Å². The second-order valence-electron chi connectivity index (χ2n) is 6.81. The fourth-order valence-electron chi connectivity index (χ4n) is 2.96. The first-order valence-electron chi connectivity index (χ1n) is 8.89. The van der Waals surface area contributed by atoms with Crippen molar-refractivity contribution in [1.29, 1.82) is 0 Å². The summed E-state index contributed by atoms with van der Waals surface area (Å²) in [4.78, 5) is 76.0. The van der Waals surface area contributed by atoms with E-state index in [1.807, 2.05) is 4.98 Å². The molecule has 20 heteroatoms. The van der Waals surface area contributed by atoms with Gasteiger partial charge in [-0.3, -0.25) is 28.2 Å². The lowest BCUT2D eigenvalue weighted by Crippen LogP contribution is -2.51. The van der Waals surface area contributed by atoms with E-state index in [1.165, 1.54) is 13.8 Å². The lowest BCUT2D eigenvalue weighted by molar-refractivity contribution is -0.212. The summed E-state index contributed by atoms with van der Waals surface area (Å²) in [5.74, 6) is -0.866. The number of H-pyrrole nitrogens is 1. The second-order valence-corrected chi connectivity index (χ2v) is 11.2. The number of aromatic amines is 1. The fraction of sp³-hybridized carbons (Fsp3) is 0.615. The SMILES string of the molecule is CCC(=O)[C@]1(COP(=O)(O)OP(=O)(O)OP(=O)([O-])O)O[C@@H](n2cc(C)c(=O)[nH]c2=O)C[C@@H]1O. The number of carbonyl (C=O) groups is 1. The Labute approximate surface area is 184 Å². The highest BCUT2D eigenvalue weighted by molar-refractivity contribution is 7.66. The van der Waals surface area contributed by atoms with Crippen LogP contribution < -0.4 is 16.1 Å². The number of hydrogen-bond donors (Lipinski definition) is 5. The molecular weight excluding hydrogens is 517 g/mol. The topological polar surface area (TPSA) is 264 Å². The first-order chi connectivity index (χ1) is 14.9. The van der Waals surface area contributed by atoms with Crippen LogP contribution in [0.2, 0.25) is 0 Å². The molecule has 1 aromatic rings. The van der Waals surface area contributed by atoms with Gasteiger partial charge in [0.05, 0.1) is 12.7 Å². The van der Waals surface area contributed by atoms with Gasteiger partial charge in [-0.2, -0.15) is 4.31 Å². The number of nitrogens with one attached hydrogen (secondary N) is 1. The highest BCUT2D eigenvalue weighted by Gasteiger charge is 2.55. The molecule has 3 unspecified atom stereocenters. The average Bonchev–Trinajstić information content (AvgIpc) is 2.97. The monoisotopic (exact) mass is 537 g/mol. The number of aliphatic hydroxyl groups excluding tert-OH is 1. The Morgan fingerprint density at radius 1 is 1.27 bits per heavy atom. The minimum atomic E-state index is -5.87. The number of nitrogens with zero attached hydrogens (tertiary/aromatic N) is 1. The molecule has 188 valence electrons. The van der Waals surface area contributed by atoms with Crippen LogP contribution in [-0.4, -0.2) is 53.4 Å². The molecule has 6 atom stereocenters. The molecule has 2 heterocycles. The van der Waals surface area contributed by atoms with Crippen LogP contribution in [0, 0.1) is 6.92 Å². The van der Waals surface area contributed by atoms with Gasteiger partial charge in [0.15, 0.2) is 11.4 Å². The Balaban J connectivity index is 2.30. The summed E-state index contributed by atoms with van der Waals surface area (Å²) in [6, 6.07) is 0. The molecule has 17 nitrogen and oxygen atoms in total. The van der Waals surface area contributed by atoms with Gasteiger partial charge in [-0.15, -0.1) is 0 Å². The summed E-state index contributed by atoms with van der Waals surface area (Å²) in [7, 11) is -17.4. The quantitative estimate of drug-likeness (QED) is 0.214. The summed E-state index contributed by atoms with van der Waals surface area (Å²) in [5, 5.41) is 10.5. The number of ether oxygens (including phenoxy) is 1. The number of aliphatic hydroxyl groups is 1. The lowest BCUT2D eigenvalue weighted by atomic mass is 9.91. The zero-order valence-electron chi connectivity index (χ0n) is 16.9. The Morgan fingerprint density at radius 2 is 1.88 bits per heavy atom. The first-order valence-corrected chi connectivity index (χ1v) is 13.4. The van der Waals surface area contributed by atoms with E-state index in [9.17, 15) is 47.9 Å². The summed E-state index contributed by atoms with van der Waals surface area (Å²) in [6.45, 7) is 1.47. The third kappa shape index (κ3) is 6.85. The number of ketones is 1. The van der Waals surface area contributed by atoms with E-state index in [1.54, 1.807) is 0 Å². The molecule has 1 fully saturated rings. The van der Waals surface area contributed by atoms with E-state index >= 15 is 0 Å². The van der Waals surface area contributed by atoms with Crippen LogP contribution in [0.1, 0.15) is 31.6 Å². The number of carbonyl (C=O) groups excluding carboxylic acids is 1. The van der Waals surface area contributed by atoms with Crippen molar-refractivity contribution in [2.45, 2.75) is 44.6 Å². The number of hydrogen-bond acceptors (Lipinski definition) is 12. The Morgan fingerprint density at radius 3 is 2.42 bits per heavy atom. The van der Waals surface area contributed by atoms with Crippen molar-refractivity contribution in [3.8, 4) is 0 Å². The van der Waals surface area contributed by atoms with Gasteiger partial charge < -0.3 is 29.4 Å². The Bertz CT molecular complexity index is 1170. The molecule has 0 radical (unpaired) electrons. The molecule has 0 aliphatic carbocycles. The molecule has 0 bridgehead atoms. The maximum absolute atomic E-state index is 12.6. The van der Waals surface area contributed by atoms with Gasteiger partial charge in [0, 0.05) is 24.6 Å². The van der Waals surface area contributed by atoms with Crippen molar-refractivity contribution in [3.63, 3.8) is 0 Å². The number of aromatic nitrogens is 2. The maximum Gasteiger partial charge on any atom is 0.487 e. The molecule has 0 aromatic carbocycles. The summed E-state index contributed by atoms with van der Waals surface area (Å²) in [6.07, 6.45) is -2.68. The largest absolute Gasteiger partial charge is 0.756 e. The highest BCUT2D eigenvalue weighted by atomic mass is 31.3. The van der Waals surface area contributed by atoms with Gasteiger partial charge in [-0.1, -0.05) is 6.92 Å². The summed E-state index contributed by atoms with van der Waals surface area (Å²) < 4.78 is 51.9. The molecule has 1 saturated heterocycles. The van der Waals surface area contributed by atoms with Crippen LogP contribution >= 0.6 is 23.5 Å². The maximum atomic E-state index is 12.6. The number of phosphoric ester groups is 1. The van der Waals surface area contributed by atoms with Gasteiger partial charge in [0.2, 0.25) is 0 Å². The number of Topliss-reactive ketones (excluding diaryl/α,β-unsaturated/α-hetero) is 1. The highest BCUT2D eigenvalue weighted by Crippen LogP contribution is 2.65. The number of aryl methyl sites for hydroxylation is 1. The molecule has 1 aromatic heterocycles. The van der Waals surface area contributed by atoms with E-state index < -0.39 is 71.5 Å². The predicted octanol–water partition coefficient (Wildman–Crippen LogP) is -1.45. The molecule has 0 saturated carbocycles. The van der Waals surface area contributed by atoms with Crippen molar-refractivity contribution >= 4 is 29.3 Å². The van der Waals surface area contributed by atoms with E-state index in [-0.39, 0.29) is 12.0 Å². The molecular formula is C13H20N2O15P3-. The van der Waals surface area contributed by atoms with Crippen LogP contribution in [0.25, 0.3) is 0 Å². The molecule has 1 aliphatic heterocycles. The van der Waals surface area contributed by atoms with Crippen LogP contribution in [0.4, 0.5) is 0 Å². The minimum Gasteiger partial charge on any atom is -0.756 e. The van der Waals surface area contributed by atoms with Crippen LogP contribution in [0.15, 0.2) is 15.8 Å². The zero-order chi connectivity index (χ0) is 25.4. The van der Waals surface area contributed by atoms with Crippen LogP contribution in [-0.2, 0) is 36.4 Å². The first kappa shape index (κ1) is 27.9. The van der Waals surface area contributed by atoms with Gasteiger partial charge in [0.25, 0.3) is 13.4 Å². The van der Waals surface area contributed by atoms with Crippen molar-refractivity contribution < 1.29 is 61.1 Å². The van der Waals surface area contributed by atoms with Crippen LogP contribution in [0.5, 0.6) is 0 Å². The standard InChI is InChI=1S/C13H21N2O15P3/c1-3-8(16)13(6-27-32(23,24)30-33(25,26)29-31(20,21)22)9(17)4-10(28-13)15-5-7(2)11(18)14-12(15)19/h5,9-10,17H,3-4,6H2,1-2H3,(H,23,24)(H,25,26)(H,14,18,19)(H2,20,21,22)/p-1/t9-,10+,13-/m0/s1. The Kier molecular flexibility index (Phi) is 8.24. The molecule has 0 spiro atoms. The van der Waals surface area contributed by atoms with Crippen molar-refractivity contribution in [2.24, 2.45) is 0 Å². The van der Waals surface area contributed by atoms with Crippen molar-refractivity contribution in [3.05, 3.63) is 32.6 Å². The van der Waals surface area contributed by atoms with Gasteiger partial charge in [-0.05, 0) is 6.92 Å². The normalized spacial score (nSPS) is 28.6. The molecule has 0 amide bonds. The van der Waals surface area contributed by atoms with Gasteiger partial charge in [-0.25, -0.2) is 18.2 Å². The minimum absolute atomic E-state index is 0.0924. The fourth-order valence-corrected chi connectivity index (χ4v) is 5.98. The predicted molar refractivity (Wildman–Crippen MR) is 102 cm³/mol. The van der Waals surface area contributed by atoms with Gasteiger partial charge in [0.1, 0.15) is 6.23 Å². The number of rotatable bonds is 10. The van der Waals surface area contributed by atoms with Crippen molar-refractivity contribution in [1.82, 2.24) is 9.55 Å². The van der Waals surface area contributed by atoms with Gasteiger partial charge >= 0.3 is 21.3 Å². The molecule has 5 N–H and O–H groups in total. The number of phosphoric acid groups is 3. The Hall–Kier alpha value is -1.32. The van der Waals surface area contributed by atoms with E-state index in [2.05, 4.69) is 13.1 Å². The van der Waals surface area contributed by atoms with E-state index in [0.29, 0.717) is 0 Å². The van der Waals surface area contributed by atoms with E-state index in [4.69, 9.17) is 9.63 Å². The zero-order valence-corrected chi connectivity index (χ0v) is 19.6. The van der Waals surface area contributed by atoms with Crippen molar-refractivity contribution in [2.75, 3.05) is 6.61 Å². The lowest BCUT2D eigenvalue weighted by Gasteiger charge is -2.30. The average molecular weight is 537 g/mol. The second kappa shape index (κ2) is 9.74. The van der Waals surface area contributed by atoms with E-state index in [0.717, 1.165) is 10.8 Å². The molecule has 2 rings (SSSR count). The molecule has 33 heavy (non-hydrogen) atoms. The summed E-state index contributed by atoms with van der Waals surface area (Å²) in [5.41, 5.74) is -3.90. The molecule has 1 aliphatic rings. The smallest absolute Gasteiger partial charge is 0.487 e. The third-order valence-corrected chi connectivity index (χ3v) is 8.17.